The Morgan fingerprint density at radius 1 is 1.07 bits per heavy atom. The molecule has 2 aromatic heterocycles. The Balaban J connectivity index is 1.81. The molecule has 4 rings (SSSR count). The van der Waals surface area contributed by atoms with Crippen LogP contribution in [0.4, 0.5) is 0 Å². The van der Waals surface area contributed by atoms with Gasteiger partial charge in [-0.05, 0) is 37.3 Å². The monoisotopic (exact) mass is 386 g/mol. The van der Waals surface area contributed by atoms with E-state index in [0.29, 0.717) is 29.1 Å². The van der Waals surface area contributed by atoms with Crippen molar-refractivity contribution in [3.8, 4) is 0 Å². The lowest BCUT2D eigenvalue weighted by molar-refractivity contribution is 0.106. The summed E-state index contributed by atoms with van der Waals surface area (Å²) in [6.45, 7) is 10.8. The molecule has 8 heteroatoms. The number of fused-ring (bicyclic) bond motifs is 3. The summed E-state index contributed by atoms with van der Waals surface area (Å²) in [5.41, 5.74) is 0.834. The van der Waals surface area contributed by atoms with Gasteiger partial charge in [0.05, 0.1) is 17.6 Å². The van der Waals surface area contributed by atoms with Crippen LogP contribution in [0.5, 0.6) is 0 Å². The number of nitrogens with zero attached hydrogens (tertiary/aromatic N) is 6. The maximum Gasteiger partial charge on any atom is 0.262 e. The highest BCUT2D eigenvalue weighted by molar-refractivity contribution is 7.71. The first-order valence-electron chi connectivity index (χ1n) is 9.69. The van der Waals surface area contributed by atoms with Crippen molar-refractivity contribution >= 4 is 28.9 Å². The van der Waals surface area contributed by atoms with Crippen molar-refractivity contribution in [2.24, 2.45) is 0 Å². The Bertz CT molecular complexity index is 1070. The SMILES string of the molecule is CCCn1c(=O)c2ccccc2n2c(=S)n(CN3CCN(CC)CC3)nc12. The van der Waals surface area contributed by atoms with Gasteiger partial charge in [-0.1, -0.05) is 26.0 Å². The number of aryl methyl sites for hydroxylation is 1. The zero-order valence-corrected chi connectivity index (χ0v) is 16.8. The second kappa shape index (κ2) is 7.53. The predicted octanol–water partition coefficient (Wildman–Crippen LogP) is 2.19. The van der Waals surface area contributed by atoms with Crippen LogP contribution in [0.15, 0.2) is 29.1 Å². The van der Waals surface area contributed by atoms with E-state index in [0.717, 1.165) is 44.7 Å². The Morgan fingerprint density at radius 2 is 1.78 bits per heavy atom. The Labute approximate surface area is 163 Å². The highest BCUT2D eigenvalue weighted by Gasteiger charge is 2.19. The molecule has 3 heterocycles. The molecule has 1 fully saturated rings. The molecule has 1 aromatic carbocycles. The third-order valence-corrected chi connectivity index (χ3v) is 5.77. The molecular weight excluding hydrogens is 360 g/mol. The summed E-state index contributed by atoms with van der Waals surface area (Å²) in [5.74, 6) is 0.637. The normalized spacial score (nSPS) is 16.5. The summed E-state index contributed by atoms with van der Waals surface area (Å²) in [5, 5.41) is 5.44. The fourth-order valence-corrected chi connectivity index (χ4v) is 4.10. The van der Waals surface area contributed by atoms with Crippen molar-refractivity contribution in [2.45, 2.75) is 33.5 Å². The standard InChI is InChI=1S/C19H26N6OS/c1-3-9-23-17(26)15-7-5-6-8-16(15)25-18(23)20-24(19(25)27)14-22-12-10-21(4-2)11-13-22/h5-8H,3-4,9-14H2,1-2H3. The second-order valence-corrected chi connectivity index (χ2v) is 7.45. The summed E-state index contributed by atoms with van der Waals surface area (Å²) in [7, 11) is 0. The lowest BCUT2D eigenvalue weighted by Crippen LogP contribution is -2.46. The fraction of sp³-hybridized carbons (Fsp3) is 0.526. The second-order valence-electron chi connectivity index (χ2n) is 7.09. The van der Waals surface area contributed by atoms with E-state index in [2.05, 4.69) is 23.6 Å². The van der Waals surface area contributed by atoms with Gasteiger partial charge in [-0.15, -0.1) is 5.10 Å². The number of benzene rings is 1. The van der Waals surface area contributed by atoms with Crippen molar-refractivity contribution in [3.05, 3.63) is 39.4 Å². The zero-order chi connectivity index (χ0) is 19.0. The lowest BCUT2D eigenvalue weighted by atomic mass is 10.2. The molecule has 0 spiro atoms. The largest absolute Gasteiger partial charge is 0.301 e. The molecule has 0 atom stereocenters. The summed E-state index contributed by atoms with van der Waals surface area (Å²) >= 11 is 5.77. The molecule has 27 heavy (non-hydrogen) atoms. The quantitative estimate of drug-likeness (QED) is 0.629. The molecule has 0 unspecified atom stereocenters. The molecule has 1 saturated heterocycles. The average Bonchev–Trinajstić information content (AvgIpc) is 3.02. The van der Waals surface area contributed by atoms with E-state index >= 15 is 0 Å². The van der Waals surface area contributed by atoms with Crippen LogP contribution in [0.3, 0.4) is 0 Å². The highest BCUT2D eigenvalue weighted by Crippen LogP contribution is 2.15. The van der Waals surface area contributed by atoms with Crippen LogP contribution in [0.1, 0.15) is 20.3 Å². The topological polar surface area (TPSA) is 50.7 Å². The van der Waals surface area contributed by atoms with E-state index < -0.39 is 0 Å². The lowest BCUT2D eigenvalue weighted by Gasteiger charge is -2.33. The minimum absolute atomic E-state index is 0.00339. The number of para-hydroxylation sites is 1. The Morgan fingerprint density at radius 3 is 2.48 bits per heavy atom. The van der Waals surface area contributed by atoms with Gasteiger partial charge in [-0.25, -0.2) is 4.68 Å². The molecule has 0 saturated carbocycles. The van der Waals surface area contributed by atoms with Gasteiger partial charge in [0.15, 0.2) is 0 Å². The number of hydrogen-bond acceptors (Lipinski definition) is 5. The third kappa shape index (κ3) is 3.22. The molecule has 0 radical (unpaired) electrons. The first-order chi connectivity index (χ1) is 13.1. The van der Waals surface area contributed by atoms with Crippen LogP contribution in [-0.4, -0.2) is 61.3 Å². The molecule has 0 amide bonds. The number of aromatic nitrogens is 4. The molecular formula is C19H26N6OS. The number of hydrogen-bond donors (Lipinski definition) is 0. The van der Waals surface area contributed by atoms with Crippen molar-refractivity contribution < 1.29 is 0 Å². The predicted molar refractivity (Wildman–Crippen MR) is 110 cm³/mol. The van der Waals surface area contributed by atoms with E-state index in [-0.39, 0.29) is 5.56 Å². The van der Waals surface area contributed by atoms with Crippen LogP contribution in [0.2, 0.25) is 0 Å². The minimum atomic E-state index is 0.00339. The van der Waals surface area contributed by atoms with Crippen LogP contribution in [0, 0.1) is 4.77 Å². The van der Waals surface area contributed by atoms with Gasteiger partial charge in [-0.3, -0.25) is 18.7 Å². The van der Waals surface area contributed by atoms with Gasteiger partial charge in [0, 0.05) is 32.7 Å². The molecule has 144 valence electrons. The van der Waals surface area contributed by atoms with Crippen molar-refractivity contribution in [2.75, 3.05) is 32.7 Å². The first-order valence-corrected chi connectivity index (χ1v) is 10.1. The number of piperazine rings is 1. The van der Waals surface area contributed by atoms with Crippen LogP contribution >= 0.6 is 12.2 Å². The first kappa shape index (κ1) is 18.3. The van der Waals surface area contributed by atoms with Crippen molar-refractivity contribution in [1.29, 1.82) is 0 Å². The molecule has 1 aliphatic heterocycles. The van der Waals surface area contributed by atoms with Gasteiger partial charge in [0.1, 0.15) is 0 Å². The van der Waals surface area contributed by atoms with Gasteiger partial charge >= 0.3 is 0 Å². The Hall–Kier alpha value is -2.03. The van der Waals surface area contributed by atoms with Crippen LogP contribution < -0.4 is 5.56 Å². The smallest absolute Gasteiger partial charge is 0.262 e. The molecule has 1 aliphatic rings. The molecule has 3 aromatic rings. The molecule has 0 bridgehead atoms. The summed E-state index contributed by atoms with van der Waals surface area (Å²) in [6.07, 6.45) is 0.868. The number of likely N-dealkylation sites (N-methyl/N-ethyl adjacent to an activating group) is 1. The molecule has 0 N–H and O–H groups in total. The van der Waals surface area contributed by atoms with Crippen molar-refractivity contribution in [3.63, 3.8) is 0 Å². The zero-order valence-electron chi connectivity index (χ0n) is 16.0. The maximum absolute atomic E-state index is 13.0. The van der Waals surface area contributed by atoms with Gasteiger partial charge < -0.3 is 4.90 Å². The van der Waals surface area contributed by atoms with E-state index in [1.165, 1.54) is 0 Å². The van der Waals surface area contributed by atoms with E-state index in [1.807, 2.05) is 33.3 Å². The van der Waals surface area contributed by atoms with Gasteiger partial charge in [0.25, 0.3) is 5.56 Å². The van der Waals surface area contributed by atoms with E-state index in [4.69, 9.17) is 17.3 Å². The van der Waals surface area contributed by atoms with E-state index in [9.17, 15) is 4.79 Å². The average molecular weight is 387 g/mol. The van der Waals surface area contributed by atoms with Crippen LogP contribution in [-0.2, 0) is 13.2 Å². The minimum Gasteiger partial charge on any atom is -0.301 e. The van der Waals surface area contributed by atoms with Gasteiger partial charge in [0.2, 0.25) is 10.5 Å². The summed E-state index contributed by atoms with van der Waals surface area (Å²) in [6, 6.07) is 7.65. The van der Waals surface area contributed by atoms with Crippen LogP contribution in [0.25, 0.3) is 16.7 Å². The molecule has 7 nitrogen and oxygen atoms in total. The van der Waals surface area contributed by atoms with Crippen molar-refractivity contribution in [1.82, 2.24) is 28.5 Å². The number of rotatable bonds is 5. The highest BCUT2D eigenvalue weighted by atomic mass is 32.1. The third-order valence-electron chi connectivity index (χ3n) is 5.38. The Kier molecular flexibility index (Phi) is 5.12. The van der Waals surface area contributed by atoms with Gasteiger partial charge in [-0.2, -0.15) is 0 Å². The summed E-state index contributed by atoms with van der Waals surface area (Å²) in [4.78, 5) is 17.8. The fourth-order valence-electron chi connectivity index (χ4n) is 3.82. The maximum atomic E-state index is 13.0. The van der Waals surface area contributed by atoms with E-state index in [1.54, 1.807) is 4.57 Å². The molecule has 0 aliphatic carbocycles. The summed E-state index contributed by atoms with van der Waals surface area (Å²) < 4.78 is 6.21.